The van der Waals surface area contributed by atoms with E-state index in [0.29, 0.717) is 0 Å². The Labute approximate surface area is 183 Å². The van der Waals surface area contributed by atoms with Crippen molar-refractivity contribution < 1.29 is 4.79 Å². The van der Waals surface area contributed by atoms with Gasteiger partial charge in [-0.05, 0) is 43.0 Å². The Morgan fingerprint density at radius 3 is 2.42 bits per heavy atom. The van der Waals surface area contributed by atoms with E-state index in [0.717, 1.165) is 68.2 Å². The van der Waals surface area contributed by atoms with Gasteiger partial charge in [0.05, 0.1) is 0 Å². The highest BCUT2D eigenvalue weighted by Crippen LogP contribution is 2.20. The Morgan fingerprint density at radius 2 is 1.68 bits per heavy atom. The van der Waals surface area contributed by atoms with Crippen molar-refractivity contribution >= 4 is 28.4 Å². The molecule has 1 fully saturated rings. The molecular formula is C24H30N6O. The number of carbonyl (C=O) groups excluding carboxylic acids is 1. The van der Waals surface area contributed by atoms with Gasteiger partial charge in [0.1, 0.15) is 11.6 Å². The topological polar surface area (TPSA) is 64.6 Å². The van der Waals surface area contributed by atoms with E-state index in [1.807, 2.05) is 60.3 Å². The van der Waals surface area contributed by atoms with Crippen LogP contribution in [0.15, 0.2) is 54.9 Å². The highest BCUT2D eigenvalue weighted by molar-refractivity contribution is 5.84. The molecular weight excluding hydrogens is 388 g/mol. The minimum atomic E-state index is 0.155. The van der Waals surface area contributed by atoms with Crippen LogP contribution in [0.3, 0.4) is 0 Å². The van der Waals surface area contributed by atoms with E-state index in [9.17, 15) is 4.79 Å². The van der Waals surface area contributed by atoms with Gasteiger partial charge in [0, 0.05) is 63.6 Å². The SMILES string of the molecule is CCN(CC)C(=O)N1CCN(Cc2ccnc(Nc3cc4ccccc4cn3)c2)CC1. The second kappa shape index (κ2) is 9.75. The standard InChI is InChI=1S/C24H30N6O/c1-3-29(4-2)24(31)30-13-11-28(12-14-30)18-19-9-10-25-22(15-19)27-23-16-20-7-5-6-8-21(20)17-26-23/h5-10,15-17H,3-4,11-14,18H2,1-2H3,(H,25,26,27). The van der Waals surface area contributed by atoms with Gasteiger partial charge in [0.15, 0.2) is 0 Å². The van der Waals surface area contributed by atoms with Crippen LogP contribution in [-0.4, -0.2) is 70.0 Å². The molecule has 2 aromatic heterocycles. The Morgan fingerprint density at radius 1 is 0.968 bits per heavy atom. The van der Waals surface area contributed by atoms with E-state index in [4.69, 9.17) is 0 Å². The van der Waals surface area contributed by atoms with Crippen molar-refractivity contribution in [3.05, 3.63) is 60.4 Å². The van der Waals surface area contributed by atoms with E-state index >= 15 is 0 Å². The number of hydrogen-bond acceptors (Lipinski definition) is 5. The summed E-state index contributed by atoms with van der Waals surface area (Å²) in [5, 5.41) is 5.59. The molecule has 31 heavy (non-hydrogen) atoms. The van der Waals surface area contributed by atoms with Crippen molar-refractivity contribution in [1.82, 2.24) is 24.7 Å². The van der Waals surface area contributed by atoms with Crippen LogP contribution in [0.4, 0.5) is 16.4 Å². The summed E-state index contributed by atoms with van der Waals surface area (Å²) in [6.07, 6.45) is 3.71. The number of urea groups is 1. The molecule has 1 aliphatic rings. The fourth-order valence-corrected chi connectivity index (χ4v) is 3.97. The number of nitrogens with one attached hydrogen (secondary N) is 1. The van der Waals surface area contributed by atoms with Crippen LogP contribution < -0.4 is 5.32 Å². The van der Waals surface area contributed by atoms with Crippen LogP contribution in [-0.2, 0) is 6.54 Å². The molecule has 0 saturated carbocycles. The first kappa shape index (κ1) is 21.1. The molecule has 162 valence electrons. The van der Waals surface area contributed by atoms with Gasteiger partial charge in [-0.25, -0.2) is 14.8 Å². The maximum Gasteiger partial charge on any atom is 0.320 e. The summed E-state index contributed by atoms with van der Waals surface area (Å²) in [7, 11) is 0. The van der Waals surface area contributed by atoms with Gasteiger partial charge in [-0.2, -0.15) is 0 Å². The van der Waals surface area contributed by atoms with E-state index in [1.165, 1.54) is 5.56 Å². The first-order valence-electron chi connectivity index (χ1n) is 11.0. The predicted molar refractivity (Wildman–Crippen MR) is 124 cm³/mol. The smallest absolute Gasteiger partial charge is 0.320 e. The second-order valence-electron chi connectivity index (χ2n) is 7.81. The summed E-state index contributed by atoms with van der Waals surface area (Å²) in [4.78, 5) is 27.7. The number of pyridine rings is 2. The zero-order chi connectivity index (χ0) is 21.6. The molecule has 1 aliphatic heterocycles. The van der Waals surface area contributed by atoms with Crippen molar-refractivity contribution in [2.75, 3.05) is 44.6 Å². The summed E-state index contributed by atoms with van der Waals surface area (Å²) < 4.78 is 0. The lowest BCUT2D eigenvalue weighted by Gasteiger charge is -2.37. The number of fused-ring (bicyclic) bond motifs is 1. The number of amides is 2. The Bertz CT molecular complexity index is 1030. The van der Waals surface area contributed by atoms with Crippen LogP contribution in [0.25, 0.3) is 10.8 Å². The number of rotatable bonds is 6. The summed E-state index contributed by atoms with van der Waals surface area (Å²) >= 11 is 0. The number of hydrogen-bond donors (Lipinski definition) is 1. The van der Waals surface area contributed by atoms with Crippen LogP contribution >= 0.6 is 0 Å². The molecule has 0 bridgehead atoms. The molecule has 4 rings (SSSR count). The van der Waals surface area contributed by atoms with Crippen molar-refractivity contribution in [1.29, 1.82) is 0 Å². The van der Waals surface area contributed by atoms with E-state index < -0.39 is 0 Å². The highest BCUT2D eigenvalue weighted by Gasteiger charge is 2.23. The van der Waals surface area contributed by atoms with Gasteiger partial charge in [-0.1, -0.05) is 24.3 Å². The third-order valence-electron chi connectivity index (χ3n) is 5.79. The van der Waals surface area contributed by atoms with Gasteiger partial charge >= 0.3 is 6.03 Å². The Balaban J connectivity index is 1.35. The average Bonchev–Trinajstić information content (AvgIpc) is 2.80. The molecule has 1 N–H and O–H groups in total. The molecule has 0 radical (unpaired) electrons. The van der Waals surface area contributed by atoms with Gasteiger partial charge in [0.2, 0.25) is 0 Å². The van der Waals surface area contributed by atoms with Gasteiger partial charge in [0.25, 0.3) is 0 Å². The normalized spacial score (nSPS) is 14.6. The van der Waals surface area contributed by atoms with E-state index in [1.54, 1.807) is 0 Å². The number of piperazine rings is 1. The van der Waals surface area contributed by atoms with Crippen LogP contribution in [0.2, 0.25) is 0 Å². The molecule has 0 aliphatic carbocycles. The maximum atomic E-state index is 12.5. The molecule has 1 saturated heterocycles. The molecule has 1 aromatic carbocycles. The number of aromatic nitrogens is 2. The molecule has 7 heteroatoms. The fourth-order valence-electron chi connectivity index (χ4n) is 3.97. The van der Waals surface area contributed by atoms with Crippen molar-refractivity contribution in [2.45, 2.75) is 20.4 Å². The summed E-state index contributed by atoms with van der Waals surface area (Å²) in [5.41, 5.74) is 1.20. The molecule has 0 unspecified atom stereocenters. The highest BCUT2D eigenvalue weighted by atomic mass is 16.2. The van der Waals surface area contributed by atoms with E-state index in [-0.39, 0.29) is 6.03 Å². The molecule has 0 atom stereocenters. The Hall–Kier alpha value is -3.19. The van der Waals surface area contributed by atoms with Crippen molar-refractivity contribution in [3.63, 3.8) is 0 Å². The first-order chi connectivity index (χ1) is 15.2. The van der Waals surface area contributed by atoms with Crippen LogP contribution in [0, 0.1) is 0 Å². The van der Waals surface area contributed by atoms with Gasteiger partial charge in [-0.3, -0.25) is 4.90 Å². The number of anilines is 2. The molecule has 2 amide bonds. The van der Waals surface area contributed by atoms with Crippen LogP contribution in [0.1, 0.15) is 19.4 Å². The third kappa shape index (κ3) is 5.11. The molecule has 3 heterocycles. The van der Waals surface area contributed by atoms with Gasteiger partial charge < -0.3 is 15.1 Å². The largest absolute Gasteiger partial charge is 0.325 e. The summed E-state index contributed by atoms with van der Waals surface area (Å²) in [6.45, 7) is 9.71. The molecule has 7 nitrogen and oxygen atoms in total. The summed E-state index contributed by atoms with van der Waals surface area (Å²) in [5.74, 6) is 1.57. The Kier molecular flexibility index (Phi) is 6.62. The van der Waals surface area contributed by atoms with Gasteiger partial charge in [-0.15, -0.1) is 0 Å². The fraction of sp³-hybridized carbons (Fsp3) is 0.375. The summed E-state index contributed by atoms with van der Waals surface area (Å²) in [6, 6.07) is 14.5. The number of carbonyl (C=O) groups is 1. The molecule has 0 spiro atoms. The number of benzene rings is 1. The lowest BCUT2D eigenvalue weighted by molar-refractivity contribution is 0.112. The average molecular weight is 419 g/mol. The zero-order valence-electron chi connectivity index (χ0n) is 18.3. The second-order valence-corrected chi connectivity index (χ2v) is 7.81. The minimum Gasteiger partial charge on any atom is -0.325 e. The van der Waals surface area contributed by atoms with E-state index in [2.05, 4.69) is 38.4 Å². The van der Waals surface area contributed by atoms with Crippen LogP contribution in [0.5, 0.6) is 0 Å². The lowest BCUT2D eigenvalue weighted by Crippen LogP contribution is -2.52. The van der Waals surface area contributed by atoms with Crippen molar-refractivity contribution in [3.8, 4) is 0 Å². The first-order valence-corrected chi connectivity index (χ1v) is 11.0. The number of nitrogens with zero attached hydrogens (tertiary/aromatic N) is 5. The maximum absolute atomic E-state index is 12.5. The third-order valence-corrected chi connectivity index (χ3v) is 5.79. The minimum absolute atomic E-state index is 0.155. The monoisotopic (exact) mass is 418 g/mol. The predicted octanol–water partition coefficient (Wildman–Crippen LogP) is 3.95. The quantitative estimate of drug-likeness (QED) is 0.657. The zero-order valence-corrected chi connectivity index (χ0v) is 18.3. The molecule has 3 aromatic rings. The lowest BCUT2D eigenvalue weighted by atomic mass is 10.2. The van der Waals surface area contributed by atoms with Crippen molar-refractivity contribution in [2.24, 2.45) is 0 Å².